The molecule has 2 aromatic rings. The quantitative estimate of drug-likeness (QED) is 0.893. The van der Waals surface area contributed by atoms with Gasteiger partial charge in [0.05, 0.1) is 10.7 Å². The maximum atomic E-state index is 6.28. The number of nitrogens with zero attached hydrogens (tertiary/aromatic N) is 1. The Hall–Kier alpha value is -0.900. The zero-order chi connectivity index (χ0) is 14.8. The molecule has 1 aromatic heterocycles. The predicted molar refractivity (Wildman–Crippen MR) is 87.8 cm³/mol. The summed E-state index contributed by atoms with van der Waals surface area (Å²) in [5, 5.41) is 7.45. The van der Waals surface area contributed by atoms with E-state index in [2.05, 4.69) is 37.5 Å². The van der Waals surface area contributed by atoms with Crippen LogP contribution >= 0.6 is 22.9 Å². The van der Waals surface area contributed by atoms with E-state index >= 15 is 0 Å². The van der Waals surface area contributed by atoms with Gasteiger partial charge in [0.25, 0.3) is 0 Å². The highest BCUT2D eigenvalue weighted by Gasteiger charge is 2.20. The van der Waals surface area contributed by atoms with Gasteiger partial charge in [-0.25, -0.2) is 4.98 Å². The Morgan fingerprint density at radius 1 is 1.30 bits per heavy atom. The third-order valence-corrected chi connectivity index (χ3v) is 4.54. The van der Waals surface area contributed by atoms with Gasteiger partial charge in [-0.3, -0.25) is 0 Å². The van der Waals surface area contributed by atoms with Crippen LogP contribution in [0.25, 0.3) is 0 Å². The molecule has 0 aliphatic rings. The van der Waals surface area contributed by atoms with Crippen LogP contribution in [0.1, 0.15) is 43.1 Å². The highest BCUT2D eigenvalue weighted by Crippen LogP contribution is 2.29. The SMILES string of the molecule is CNC(Cc1nc(C(C)(C)C)cs1)c1ccccc1Cl. The fourth-order valence-corrected chi connectivity index (χ4v) is 3.38. The van der Waals surface area contributed by atoms with Crippen molar-refractivity contribution in [2.75, 3.05) is 7.05 Å². The van der Waals surface area contributed by atoms with Crippen molar-refractivity contribution in [1.29, 1.82) is 0 Å². The maximum Gasteiger partial charge on any atom is 0.0947 e. The number of nitrogens with one attached hydrogen (secondary N) is 1. The molecule has 20 heavy (non-hydrogen) atoms. The summed E-state index contributed by atoms with van der Waals surface area (Å²) >= 11 is 8.01. The van der Waals surface area contributed by atoms with Crippen LogP contribution in [0.3, 0.4) is 0 Å². The van der Waals surface area contributed by atoms with Gasteiger partial charge in [-0.2, -0.15) is 0 Å². The second-order valence-corrected chi connectivity index (χ2v) is 7.29. The van der Waals surface area contributed by atoms with Gasteiger partial charge >= 0.3 is 0 Å². The first-order chi connectivity index (χ1) is 9.41. The molecule has 0 saturated heterocycles. The van der Waals surface area contributed by atoms with Gasteiger partial charge in [-0.15, -0.1) is 11.3 Å². The molecular weight excluding hydrogens is 288 g/mol. The summed E-state index contributed by atoms with van der Waals surface area (Å²) in [7, 11) is 1.96. The van der Waals surface area contributed by atoms with E-state index in [4.69, 9.17) is 16.6 Å². The average Bonchev–Trinajstić information content (AvgIpc) is 2.85. The molecule has 0 saturated carbocycles. The molecule has 0 amide bonds. The zero-order valence-electron chi connectivity index (χ0n) is 12.4. The highest BCUT2D eigenvalue weighted by molar-refractivity contribution is 7.09. The average molecular weight is 309 g/mol. The van der Waals surface area contributed by atoms with E-state index in [-0.39, 0.29) is 11.5 Å². The molecule has 0 spiro atoms. The van der Waals surface area contributed by atoms with E-state index < -0.39 is 0 Å². The Kier molecular flexibility index (Phi) is 4.84. The topological polar surface area (TPSA) is 24.9 Å². The molecule has 1 aromatic carbocycles. The third kappa shape index (κ3) is 3.60. The van der Waals surface area contributed by atoms with Crippen LogP contribution in [-0.4, -0.2) is 12.0 Å². The normalized spacial score (nSPS) is 13.4. The number of thiazole rings is 1. The van der Waals surface area contributed by atoms with Crippen LogP contribution < -0.4 is 5.32 Å². The fraction of sp³-hybridized carbons (Fsp3) is 0.438. The smallest absolute Gasteiger partial charge is 0.0947 e. The fourth-order valence-electron chi connectivity index (χ4n) is 2.05. The lowest BCUT2D eigenvalue weighted by atomic mass is 9.93. The second kappa shape index (κ2) is 6.25. The molecule has 2 rings (SSSR count). The van der Waals surface area contributed by atoms with Crippen molar-refractivity contribution < 1.29 is 0 Å². The minimum atomic E-state index is 0.105. The Bertz CT molecular complexity index is 572. The summed E-state index contributed by atoms with van der Waals surface area (Å²) in [5.74, 6) is 0. The molecule has 1 atom stereocenters. The van der Waals surface area contributed by atoms with Gasteiger partial charge in [0.15, 0.2) is 0 Å². The van der Waals surface area contributed by atoms with Gasteiger partial charge in [0, 0.05) is 28.3 Å². The minimum absolute atomic E-state index is 0.105. The molecule has 0 fully saturated rings. The number of rotatable bonds is 4. The second-order valence-electron chi connectivity index (χ2n) is 5.94. The van der Waals surface area contributed by atoms with E-state index in [1.165, 1.54) is 0 Å². The summed E-state index contributed by atoms with van der Waals surface area (Å²) in [6.45, 7) is 6.57. The van der Waals surface area contributed by atoms with Crippen molar-refractivity contribution in [1.82, 2.24) is 10.3 Å². The lowest BCUT2D eigenvalue weighted by molar-refractivity contribution is 0.560. The number of hydrogen-bond acceptors (Lipinski definition) is 3. The molecule has 4 heteroatoms. The van der Waals surface area contributed by atoms with Crippen LogP contribution in [-0.2, 0) is 11.8 Å². The van der Waals surface area contributed by atoms with E-state index in [1.807, 2.05) is 25.2 Å². The van der Waals surface area contributed by atoms with Crippen LogP contribution in [0.4, 0.5) is 0 Å². The summed E-state index contributed by atoms with van der Waals surface area (Å²) < 4.78 is 0. The van der Waals surface area contributed by atoms with E-state index in [0.29, 0.717) is 0 Å². The Labute approximate surface area is 130 Å². The highest BCUT2D eigenvalue weighted by atomic mass is 35.5. The largest absolute Gasteiger partial charge is 0.313 e. The first-order valence-corrected chi connectivity index (χ1v) is 8.04. The van der Waals surface area contributed by atoms with Crippen LogP contribution in [0.2, 0.25) is 5.02 Å². The molecule has 0 aliphatic carbocycles. The zero-order valence-corrected chi connectivity index (χ0v) is 14.0. The van der Waals surface area contributed by atoms with Gasteiger partial charge in [-0.1, -0.05) is 50.6 Å². The third-order valence-electron chi connectivity index (χ3n) is 3.33. The molecule has 1 unspecified atom stereocenters. The number of aromatic nitrogens is 1. The monoisotopic (exact) mass is 308 g/mol. The summed E-state index contributed by atoms with van der Waals surface area (Å²) in [5.41, 5.74) is 2.39. The van der Waals surface area contributed by atoms with Gasteiger partial charge in [-0.05, 0) is 18.7 Å². The number of hydrogen-bond donors (Lipinski definition) is 1. The van der Waals surface area contributed by atoms with Crippen molar-refractivity contribution in [2.45, 2.75) is 38.6 Å². The molecule has 1 heterocycles. The standard InChI is InChI=1S/C16H21ClN2S/c1-16(2,3)14-10-20-15(19-14)9-13(18-4)11-7-5-6-8-12(11)17/h5-8,10,13,18H,9H2,1-4H3. The first kappa shape index (κ1) is 15.5. The predicted octanol–water partition coefficient (Wildman–Crippen LogP) is 4.60. The van der Waals surface area contributed by atoms with Crippen molar-refractivity contribution >= 4 is 22.9 Å². The summed E-state index contributed by atoms with van der Waals surface area (Å²) in [6.07, 6.45) is 0.862. The molecule has 108 valence electrons. The van der Waals surface area contributed by atoms with Crippen molar-refractivity contribution in [3.63, 3.8) is 0 Å². The van der Waals surface area contributed by atoms with Gasteiger partial charge in [0.2, 0.25) is 0 Å². The number of benzene rings is 1. The molecule has 1 N–H and O–H groups in total. The van der Waals surface area contributed by atoms with Crippen molar-refractivity contribution in [3.8, 4) is 0 Å². The van der Waals surface area contributed by atoms with Crippen molar-refractivity contribution in [2.24, 2.45) is 0 Å². The van der Waals surface area contributed by atoms with Gasteiger partial charge < -0.3 is 5.32 Å². The van der Waals surface area contributed by atoms with Crippen molar-refractivity contribution in [3.05, 3.63) is 50.9 Å². The molecule has 2 nitrogen and oxygen atoms in total. The lowest BCUT2D eigenvalue weighted by Gasteiger charge is -2.17. The van der Waals surface area contributed by atoms with Crippen LogP contribution in [0.15, 0.2) is 29.6 Å². The molecular formula is C16H21ClN2S. The maximum absolute atomic E-state index is 6.28. The molecule has 0 aliphatic heterocycles. The van der Waals surface area contributed by atoms with E-state index in [0.717, 1.165) is 27.7 Å². The molecule has 0 bridgehead atoms. The lowest BCUT2D eigenvalue weighted by Crippen LogP contribution is -2.19. The Morgan fingerprint density at radius 3 is 2.55 bits per heavy atom. The number of likely N-dealkylation sites (N-methyl/N-ethyl adjacent to an activating group) is 1. The summed E-state index contributed by atoms with van der Waals surface area (Å²) in [4.78, 5) is 4.76. The molecule has 0 radical (unpaired) electrons. The van der Waals surface area contributed by atoms with Crippen LogP contribution in [0, 0.1) is 0 Å². The van der Waals surface area contributed by atoms with Crippen LogP contribution in [0.5, 0.6) is 0 Å². The van der Waals surface area contributed by atoms with Gasteiger partial charge in [0.1, 0.15) is 0 Å². The summed E-state index contributed by atoms with van der Waals surface area (Å²) in [6, 6.07) is 8.18. The van der Waals surface area contributed by atoms with E-state index in [1.54, 1.807) is 11.3 Å². The van der Waals surface area contributed by atoms with E-state index in [9.17, 15) is 0 Å². The number of halogens is 1. The first-order valence-electron chi connectivity index (χ1n) is 6.78. The Balaban J connectivity index is 2.19. The Morgan fingerprint density at radius 2 is 2.00 bits per heavy atom. The minimum Gasteiger partial charge on any atom is -0.313 e.